The van der Waals surface area contributed by atoms with Crippen LogP contribution in [0.4, 0.5) is 13.2 Å². The summed E-state index contributed by atoms with van der Waals surface area (Å²) < 4.78 is 45.2. The van der Waals surface area contributed by atoms with Gasteiger partial charge >= 0.3 is 0 Å². The third kappa shape index (κ3) is 3.38. The third-order valence-corrected chi connectivity index (χ3v) is 4.07. The molecule has 132 valence electrons. The molecule has 0 radical (unpaired) electrons. The molecule has 1 aromatic carbocycles. The van der Waals surface area contributed by atoms with Crippen LogP contribution in [-0.2, 0) is 0 Å². The second-order valence-electron chi connectivity index (χ2n) is 5.64. The summed E-state index contributed by atoms with van der Waals surface area (Å²) in [7, 11) is 0. The van der Waals surface area contributed by atoms with Crippen LogP contribution in [0.3, 0.4) is 0 Å². The summed E-state index contributed by atoms with van der Waals surface area (Å²) in [5.74, 6) is -5.35. The van der Waals surface area contributed by atoms with E-state index in [-0.39, 0.29) is 31.3 Å². The standard InChI is InChI=1S/C17H15F3N2O3/c18-12-5-4-11(14(19)15(12)20)16(23)21-6-2-7-22(9-8-21)17(24)13-3-1-10-25-13/h1,3-5,10H,2,6-9H2. The van der Waals surface area contributed by atoms with Crippen molar-refractivity contribution in [2.45, 2.75) is 6.42 Å². The van der Waals surface area contributed by atoms with E-state index in [2.05, 4.69) is 0 Å². The predicted molar refractivity (Wildman–Crippen MR) is 81.4 cm³/mol. The lowest BCUT2D eigenvalue weighted by molar-refractivity contribution is 0.0698. The molecule has 3 rings (SSSR count). The number of hydrogen-bond acceptors (Lipinski definition) is 3. The Hall–Kier alpha value is -2.77. The van der Waals surface area contributed by atoms with Gasteiger partial charge in [0.25, 0.3) is 11.8 Å². The van der Waals surface area contributed by atoms with Crippen LogP contribution in [0.5, 0.6) is 0 Å². The van der Waals surface area contributed by atoms with Crippen molar-refractivity contribution < 1.29 is 27.2 Å². The second kappa shape index (κ2) is 7.00. The van der Waals surface area contributed by atoms with Crippen molar-refractivity contribution in [3.63, 3.8) is 0 Å². The Morgan fingerprint density at radius 1 is 0.880 bits per heavy atom. The average molecular weight is 352 g/mol. The molecule has 1 saturated heterocycles. The Bertz CT molecular complexity index is 793. The van der Waals surface area contributed by atoms with Gasteiger partial charge in [-0.2, -0.15) is 0 Å². The lowest BCUT2D eigenvalue weighted by atomic mass is 10.1. The average Bonchev–Trinajstić information content (AvgIpc) is 3.03. The Morgan fingerprint density at radius 3 is 2.20 bits per heavy atom. The monoisotopic (exact) mass is 352 g/mol. The fourth-order valence-corrected chi connectivity index (χ4v) is 2.74. The van der Waals surface area contributed by atoms with Gasteiger partial charge in [0.2, 0.25) is 0 Å². The summed E-state index contributed by atoms with van der Waals surface area (Å²) in [5.41, 5.74) is -0.523. The minimum absolute atomic E-state index is 0.156. The number of furan rings is 1. The molecule has 0 atom stereocenters. The molecule has 25 heavy (non-hydrogen) atoms. The fourth-order valence-electron chi connectivity index (χ4n) is 2.74. The van der Waals surface area contributed by atoms with Gasteiger partial charge in [-0.05, 0) is 30.7 Å². The number of carbonyl (C=O) groups is 2. The molecule has 0 spiro atoms. The summed E-state index contributed by atoms with van der Waals surface area (Å²) in [6.45, 7) is 1.07. The summed E-state index contributed by atoms with van der Waals surface area (Å²) in [4.78, 5) is 27.6. The van der Waals surface area contributed by atoms with Crippen LogP contribution in [0.2, 0.25) is 0 Å². The minimum Gasteiger partial charge on any atom is -0.459 e. The van der Waals surface area contributed by atoms with Gasteiger partial charge in [0.1, 0.15) is 0 Å². The van der Waals surface area contributed by atoms with Gasteiger partial charge in [-0.3, -0.25) is 9.59 Å². The van der Waals surface area contributed by atoms with E-state index in [0.29, 0.717) is 13.0 Å². The topological polar surface area (TPSA) is 53.8 Å². The molecule has 2 aromatic rings. The molecule has 0 saturated carbocycles. The minimum atomic E-state index is -1.67. The van der Waals surface area contributed by atoms with E-state index in [0.717, 1.165) is 12.1 Å². The number of amides is 2. The third-order valence-electron chi connectivity index (χ3n) is 4.07. The summed E-state index contributed by atoms with van der Waals surface area (Å²) in [6.07, 6.45) is 1.87. The number of benzene rings is 1. The van der Waals surface area contributed by atoms with Crippen molar-refractivity contribution in [3.05, 3.63) is 59.3 Å². The highest BCUT2D eigenvalue weighted by Gasteiger charge is 2.27. The van der Waals surface area contributed by atoms with Crippen LogP contribution < -0.4 is 0 Å². The maximum atomic E-state index is 13.8. The smallest absolute Gasteiger partial charge is 0.289 e. The SMILES string of the molecule is O=C(c1ccco1)N1CCCN(C(=O)c2ccc(F)c(F)c2F)CC1. The van der Waals surface area contributed by atoms with Crippen molar-refractivity contribution in [2.75, 3.05) is 26.2 Å². The number of hydrogen-bond donors (Lipinski definition) is 0. The number of carbonyl (C=O) groups excluding carboxylic acids is 2. The molecule has 0 unspecified atom stereocenters. The normalized spacial score (nSPS) is 15.2. The molecule has 2 heterocycles. The van der Waals surface area contributed by atoms with E-state index >= 15 is 0 Å². The molecule has 8 heteroatoms. The summed E-state index contributed by atoms with van der Waals surface area (Å²) in [5, 5.41) is 0. The molecule has 0 aliphatic carbocycles. The van der Waals surface area contributed by atoms with Crippen LogP contribution >= 0.6 is 0 Å². The molecule has 5 nitrogen and oxygen atoms in total. The fraction of sp³-hybridized carbons (Fsp3) is 0.294. The van der Waals surface area contributed by atoms with E-state index < -0.39 is 28.9 Å². The quantitative estimate of drug-likeness (QED) is 0.781. The van der Waals surface area contributed by atoms with Crippen LogP contribution in [0.1, 0.15) is 27.3 Å². The molecular formula is C17H15F3N2O3. The van der Waals surface area contributed by atoms with Gasteiger partial charge in [0.15, 0.2) is 23.2 Å². The highest BCUT2D eigenvalue weighted by atomic mass is 19.2. The van der Waals surface area contributed by atoms with Crippen LogP contribution in [0.25, 0.3) is 0 Å². The van der Waals surface area contributed by atoms with Gasteiger partial charge in [-0.25, -0.2) is 13.2 Å². The van der Waals surface area contributed by atoms with E-state index in [1.807, 2.05) is 0 Å². The zero-order valence-electron chi connectivity index (χ0n) is 13.2. The predicted octanol–water partition coefficient (Wildman–Crippen LogP) is 2.69. The molecule has 1 aliphatic rings. The first-order valence-corrected chi connectivity index (χ1v) is 7.74. The van der Waals surface area contributed by atoms with Gasteiger partial charge < -0.3 is 14.2 Å². The first-order chi connectivity index (χ1) is 12.0. The Labute approximate surface area is 141 Å². The first-order valence-electron chi connectivity index (χ1n) is 7.74. The molecule has 1 aliphatic heterocycles. The lowest BCUT2D eigenvalue weighted by Gasteiger charge is -2.22. The number of nitrogens with zero attached hydrogens (tertiary/aromatic N) is 2. The maximum absolute atomic E-state index is 13.8. The van der Waals surface area contributed by atoms with Crippen molar-refractivity contribution in [1.82, 2.24) is 9.80 Å². The molecule has 1 fully saturated rings. The van der Waals surface area contributed by atoms with Gasteiger partial charge in [0.05, 0.1) is 11.8 Å². The van der Waals surface area contributed by atoms with Crippen molar-refractivity contribution >= 4 is 11.8 Å². The zero-order valence-corrected chi connectivity index (χ0v) is 13.2. The van der Waals surface area contributed by atoms with E-state index in [1.165, 1.54) is 16.1 Å². The summed E-state index contributed by atoms with van der Waals surface area (Å²) >= 11 is 0. The Balaban J connectivity index is 1.72. The van der Waals surface area contributed by atoms with Crippen molar-refractivity contribution in [3.8, 4) is 0 Å². The zero-order chi connectivity index (χ0) is 18.0. The van der Waals surface area contributed by atoms with Crippen LogP contribution in [-0.4, -0.2) is 47.8 Å². The van der Waals surface area contributed by atoms with E-state index in [4.69, 9.17) is 4.42 Å². The second-order valence-corrected chi connectivity index (χ2v) is 5.64. The van der Waals surface area contributed by atoms with Crippen LogP contribution in [0.15, 0.2) is 34.9 Å². The largest absolute Gasteiger partial charge is 0.459 e. The van der Waals surface area contributed by atoms with Gasteiger partial charge in [0, 0.05) is 26.2 Å². The van der Waals surface area contributed by atoms with Crippen molar-refractivity contribution in [1.29, 1.82) is 0 Å². The van der Waals surface area contributed by atoms with E-state index in [1.54, 1.807) is 12.1 Å². The van der Waals surface area contributed by atoms with Crippen LogP contribution in [0, 0.1) is 17.5 Å². The van der Waals surface area contributed by atoms with Gasteiger partial charge in [-0.1, -0.05) is 0 Å². The number of halogens is 3. The van der Waals surface area contributed by atoms with E-state index in [9.17, 15) is 22.8 Å². The molecule has 1 aromatic heterocycles. The molecule has 0 N–H and O–H groups in total. The van der Waals surface area contributed by atoms with Crippen molar-refractivity contribution in [2.24, 2.45) is 0 Å². The molecule has 0 bridgehead atoms. The summed E-state index contributed by atoms with van der Waals surface area (Å²) in [6, 6.07) is 4.79. The molecule has 2 amide bonds. The Kier molecular flexibility index (Phi) is 4.78. The highest BCUT2D eigenvalue weighted by Crippen LogP contribution is 2.18. The van der Waals surface area contributed by atoms with Gasteiger partial charge in [-0.15, -0.1) is 0 Å². The number of rotatable bonds is 2. The maximum Gasteiger partial charge on any atom is 0.289 e. The lowest BCUT2D eigenvalue weighted by Crippen LogP contribution is -2.37. The molecular weight excluding hydrogens is 337 g/mol. The Morgan fingerprint density at radius 2 is 1.56 bits per heavy atom. The highest BCUT2D eigenvalue weighted by molar-refractivity contribution is 5.95. The first kappa shape index (κ1) is 17.1.